The van der Waals surface area contributed by atoms with Crippen LogP contribution in [0.25, 0.3) is 0 Å². The molecule has 0 saturated carbocycles. The van der Waals surface area contributed by atoms with Crippen LogP contribution in [0.5, 0.6) is 0 Å². The first-order valence-corrected chi connectivity index (χ1v) is 6.61. The van der Waals surface area contributed by atoms with Crippen LogP contribution in [-0.4, -0.2) is 10.9 Å². The lowest BCUT2D eigenvalue weighted by Crippen LogP contribution is -2.27. The lowest BCUT2D eigenvalue weighted by Gasteiger charge is -2.13. The number of hydrogen-bond acceptors (Lipinski definition) is 2. The second-order valence-corrected chi connectivity index (χ2v) is 4.55. The summed E-state index contributed by atoms with van der Waals surface area (Å²) in [5, 5.41) is 2.92. The van der Waals surface area contributed by atoms with Crippen LogP contribution in [0.2, 0.25) is 0 Å². The number of benzene rings is 1. The van der Waals surface area contributed by atoms with Crippen molar-refractivity contribution in [2.45, 2.75) is 18.8 Å². The monoisotopic (exact) mass is 274 g/mol. The lowest BCUT2D eigenvalue weighted by atomic mass is 10.1. The van der Waals surface area contributed by atoms with Crippen molar-refractivity contribution >= 4 is 17.5 Å². The maximum atomic E-state index is 12.1. The number of alkyl halides is 1. The number of hydrogen-bond donors (Lipinski definition) is 1. The molecule has 98 valence electrons. The third kappa shape index (κ3) is 3.55. The first kappa shape index (κ1) is 13.6. The van der Waals surface area contributed by atoms with Crippen molar-refractivity contribution in [2.75, 3.05) is 0 Å². The number of pyridine rings is 1. The normalized spacial score (nSPS) is 11.9. The standard InChI is InChI=1S/C15H15ClN2O/c1-11(14-4-2-3-9-17-14)18-15(19)13-7-5-12(10-16)6-8-13/h2-9,11H,10H2,1H3,(H,18,19)/t11-/m1/s1. The summed E-state index contributed by atoms with van der Waals surface area (Å²) < 4.78 is 0. The number of rotatable bonds is 4. The van der Waals surface area contributed by atoms with Gasteiger partial charge in [0.2, 0.25) is 0 Å². The smallest absolute Gasteiger partial charge is 0.251 e. The minimum atomic E-state index is -0.124. The number of carbonyl (C=O) groups is 1. The summed E-state index contributed by atoms with van der Waals surface area (Å²) in [7, 11) is 0. The first-order chi connectivity index (χ1) is 9.20. The Hall–Kier alpha value is -1.87. The Morgan fingerprint density at radius 1 is 1.26 bits per heavy atom. The molecule has 1 aromatic carbocycles. The average Bonchev–Trinajstić information content (AvgIpc) is 2.48. The summed E-state index contributed by atoms with van der Waals surface area (Å²) in [5.41, 5.74) is 2.46. The molecule has 0 fully saturated rings. The van der Waals surface area contributed by atoms with E-state index in [1.54, 1.807) is 18.3 Å². The van der Waals surface area contributed by atoms with Crippen LogP contribution in [0.15, 0.2) is 48.7 Å². The lowest BCUT2D eigenvalue weighted by molar-refractivity contribution is 0.0939. The fraction of sp³-hybridized carbons (Fsp3) is 0.200. The number of nitrogens with zero attached hydrogens (tertiary/aromatic N) is 1. The van der Waals surface area contributed by atoms with Crippen LogP contribution in [0.3, 0.4) is 0 Å². The minimum absolute atomic E-state index is 0.112. The molecule has 3 nitrogen and oxygen atoms in total. The van der Waals surface area contributed by atoms with E-state index in [4.69, 9.17) is 11.6 Å². The van der Waals surface area contributed by atoms with E-state index in [9.17, 15) is 4.79 Å². The van der Waals surface area contributed by atoms with Crippen molar-refractivity contribution < 1.29 is 4.79 Å². The second kappa shape index (κ2) is 6.34. The molecule has 0 radical (unpaired) electrons. The van der Waals surface area contributed by atoms with Gasteiger partial charge in [0.1, 0.15) is 0 Å². The fourth-order valence-corrected chi connectivity index (χ4v) is 1.91. The highest BCUT2D eigenvalue weighted by atomic mass is 35.5. The zero-order chi connectivity index (χ0) is 13.7. The van der Waals surface area contributed by atoms with Gasteiger partial charge in [0.15, 0.2) is 0 Å². The summed E-state index contributed by atoms with van der Waals surface area (Å²) in [6.07, 6.45) is 1.72. The molecule has 0 spiro atoms. The molecular weight excluding hydrogens is 260 g/mol. The first-order valence-electron chi connectivity index (χ1n) is 6.07. The van der Waals surface area contributed by atoms with Crippen LogP contribution in [0.1, 0.15) is 34.6 Å². The molecule has 1 heterocycles. The van der Waals surface area contributed by atoms with Crippen LogP contribution < -0.4 is 5.32 Å². The molecule has 0 aliphatic heterocycles. The van der Waals surface area contributed by atoms with E-state index in [1.807, 2.05) is 37.3 Å². The maximum absolute atomic E-state index is 12.1. The Labute approximate surface area is 117 Å². The third-order valence-electron chi connectivity index (χ3n) is 2.85. The summed E-state index contributed by atoms with van der Waals surface area (Å²) in [5.74, 6) is 0.339. The number of halogens is 1. The van der Waals surface area contributed by atoms with Crippen molar-refractivity contribution in [2.24, 2.45) is 0 Å². The van der Waals surface area contributed by atoms with Gasteiger partial charge in [-0.15, -0.1) is 11.6 Å². The quantitative estimate of drug-likeness (QED) is 0.869. The topological polar surface area (TPSA) is 42.0 Å². The van der Waals surface area contributed by atoms with Crippen molar-refractivity contribution in [3.05, 3.63) is 65.5 Å². The highest BCUT2D eigenvalue weighted by Crippen LogP contribution is 2.11. The summed E-state index contributed by atoms with van der Waals surface area (Å²) in [6, 6.07) is 12.8. The second-order valence-electron chi connectivity index (χ2n) is 4.28. The van der Waals surface area contributed by atoms with Gasteiger partial charge >= 0.3 is 0 Å². The minimum Gasteiger partial charge on any atom is -0.344 e. The van der Waals surface area contributed by atoms with E-state index in [2.05, 4.69) is 10.3 Å². The number of nitrogens with one attached hydrogen (secondary N) is 1. The van der Waals surface area contributed by atoms with Crippen LogP contribution in [0, 0.1) is 0 Å². The molecular formula is C15H15ClN2O. The molecule has 4 heteroatoms. The van der Waals surface area contributed by atoms with Crippen LogP contribution >= 0.6 is 11.6 Å². The van der Waals surface area contributed by atoms with Gasteiger partial charge in [0.05, 0.1) is 11.7 Å². The van der Waals surface area contributed by atoms with Crippen molar-refractivity contribution in [3.8, 4) is 0 Å². The van der Waals surface area contributed by atoms with E-state index in [-0.39, 0.29) is 11.9 Å². The molecule has 0 saturated heterocycles. The highest BCUT2D eigenvalue weighted by Gasteiger charge is 2.11. The van der Waals surface area contributed by atoms with E-state index in [1.165, 1.54) is 0 Å². The summed E-state index contributed by atoms with van der Waals surface area (Å²) >= 11 is 5.71. The Bertz CT molecular complexity index is 540. The van der Waals surface area contributed by atoms with Crippen molar-refractivity contribution in [1.82, 2.24) is 10.3 Å². The van der Waals surface area contributed by atoms with E-state index in [0.717, 1.165) is 11.3 Å². The molecule has 0 bridgehead atoms. The van der Waals surface area contributed by atoms with Gasteiger partial charge in [-0.25, -0.2) is 0 Å². The third-order valence-corrected chi connectivity index (χ3v) is 3.16. The average molecular weight is 275 g/mol. The zero-order valence-corrected chi connectivity index (χ0v) is 11.4. The molecule has 19 heavy (non-hydrogen) atoms. The van der Waals surface area contributed by atoms with Crippen molar-refractivity contribution in [3.63, 3.8) is 0 Å². The number of aromatic nitrogens is 1. The highest BCUT2D eigenvalue weighted by molar-refractivity contribution is 6.17. The van der Waals surface area contributed by atoms with E-state index < -0.39 is 0 Å². The molecule has 0 aliphatic rings. The molecule has 1 atom stereocenters. The summed E-state index contributed by atoms with van der Waals surface area (Å²) in [6.45, 7) is 1.91. The SMILES string of the molecule is C[C@@H](NC(=O)c1ccc(CCl)cc1)c1ccccn1. The predicted octanol–water partition coefficient (Wildman–Crippen LogP) is 3.31. The van der Waals surface area contributed by atoms with Gasteiger partial charge in [0, 0.05) is 17.6 Å². The van der Waals surface area contributed by atoms with Gasteiger partial charge in [0.25, 0.3) is 5.91 Å². The zero-order valence-electron chi connectivity index (χ0n) is 10.6. The van der Waals surface area contributed by atoms with Gasteiger partial charge in [-0.2, -0.15) is 0 Å². The molecule has 2 rings (SSSR count). The molecule has 0 aliphatic carbocycles. The summed E-state index contributed by atoms with van der Waals surface area (Å²) in [4.78, 5) is 16.3. The van der Waals surface area contributed by atoms with Gasteiger partial charge in [-0.1, -0.05) is 18.2 Å². The van der Waals surface area contributed by atoms with Gasteiger partial charge in [-0.05, 0) is 36.8 Å². The Balaban J connectivity index is 2.04. The largest absolute Gasteiger partial charge is 0.344 e. The van der Waals surface area contributed by atoms with Crippen molar-refractivity contribution in [1.29, 1.82) is 0 Å². The Kier molecular flexibility index (Phi) is 4.53. The number of carbonyl (C=O) groups excluding carboxylic acids is 1. The fourth-order valence-electron chi connectivity index (χ4n) is 1.73. The van der Waals surface area contributed by atoms with E-state index >= 15 is 0 Å². The van der Waals surface area contributed by atoms with Crippen LogP contribution in [0.4, 0.5) is 0 Å². The molecule has 1 amide bonds. The molecule has 0 unspecified atom stereocenters. The molecule has 1 N–H and O–H groups in total. The van der Waals surface area contributed by atoms with E-state index in [0.29, 0.717) is 11.4 Å². The number of amides is 1. The van der Waals surface area contributed by atoms with Crippen LogP contribution in [-0.2, 0) is 5.88 Å². The van der Waals surface area contributed by atoms with Gasteiger partial charge < -0.3 is 5.32 Å². The predicted molar refractivity (Wildman–Crippen MR) is 76.1 cm³/mol. The Morgan fingerprint density at radius 2 is 2.00 bits per heavy atom. The Morgan fingerprint density at radius 3 is 2.58 bits per heavy atom. The molecule has 2 aromatic rings. The molecule has 1 aromatic heterocycles. The maximum Gasteiger partial charge on any atom is 0.251 e. The van der Waals surface area contributed by atoms with Gasteiger partial charge in [-0.3, -0.25) is 9.78 Å².